The molecule has 182 valence electrons. The van der Waals surface area contributed by atoms with Gasteiger partial charge in [0.15, 0.2) is 0 Å². The number of pyridine rings is 1. The van der Waals surface area contributed by atoms with Crippen molar-refractivity contribution in [3.63, 3.8) is 0 Å². The number of anilines is 2. The summed E-state index contributed by atoms with van der Waals surface area (Å²) < 4.78 is 25.6. The molecule has 1 aliphatic rings. The standard InChI is InChI=1S/C28H30FN3O3/c1-5-35-28-26(32-10-12-34-13-11-32)16-22(17-30-28)23-14-21(7-6-19(23)4)27(33)31-25-15-20(18(2)3)8-9-24(25)29/h6-9,14-17H,2,5,10-13H2,1,3-4H3,(H,31,33). The Morgan fingerprint density at radius 1 is 1.17 bits per heavy atom. The van der Waals surface area contributed by atoms with Crippen molar-refractivity contribution < 1.29 is 18.7 Å². The third kappa shape index (κ3) is 5.52. The van der Waals surface area contributed by atoms with Crippen LogP contribution in [0.5, 0.6) is 5.88 Å². The fourth-order valence-corrected chi connectivity index (χ4v) is 4.02. The lowest BCUT2D eigenvalue weighted by Gasteiger charge is -2.30. The first kappa shape index (κ1) is 24.4. The first-order chi connectivity index (χ1) is 16.9. The van der Waals surface area contributed by atoms with Gasteiger partial charge in [-0.3, -0.25) is 4.79 Å². The maximum Gasteiger partial charge on any atom is 0.255 e. The summed E-state index contributed by atoms with van der Waals surface area (Å²) >= 11 is 0. The van der Waals surface area contributed by atoms with E-state index in [1.807, 2.05) is 39.0 Å². The van der Waals surface area contributed by atoms with E-state index < -0.39 is 11.7 Å². The zero-order valence-corrected chi connectivity index (χ0v) is 20.4. The summed E-state index contributed by atoms with van der Waals surface area (Å²) in [7, 11) is 0. The fourth-order valence-electron chi connectivity index (χ4n) is 4.02. The molecule has 4 rings (SSSR count). The number of amides is 1. The Kier molecular flexibility index (Phi) is 7.46. The van der Waals surface area contributed by atoms with E-state index in [-0.39, 0.29) is 5.69 Å². The number of ether oxygens (including phenoxy) is 2. The van der Waals surface area contributed by atoms with Gasteiger partial charge in [-0.2, -0.15) is 0 Å². The molecule has 1 aliphatic heterocycles. The second-order valence-electron chi connectivity index (χ2n) is 8.54. The van der Waals surface area contributed by atoms with Crippen molar-refractivity contribution in [3.05, 3.63) is 77.7 Å². The number of hydrogen-bond donors (Lipinski definition) is 1. The van der Waals surface area contributed by atoms with E-state index in [1.165, 1.54) is 6.07 Å². The summed E-state index contributed by atoms with van der Waals surface area (Å²) in [6.07, 6.45) is 1.76. The van der Waals surface area contributed by atoms with Gasteiger partial charge in [0.1, 0.15) is 11.5 Å². The fraction of sp³-hybridized carbons (Fsp3) is 0.286. The molecule has 6 nitrogen and oxygen atoms in total. The summed E-state index contributed by atoms with van der Waals surface area (Å²) in [5.74, 6) is -0.310. The lowest BCUT2D eigenvalue weighted by atomic mass is 9.98. The van der Waals surface area contributed by atoms with Crippen molar-refractivity contribution in [2.45, 2.75) is 20.8 Å². The van der Waals surface area contributed by atoms with E-state index in [9.17, 15) is 9.18 Å². The Balaban J connectivity index is 1.66. The maximum atomic E-state index is 14.4. The Hall–Kier alpha value is -3.71. The number of carbonyl (C=O) groups is 1. The third-order valence-electron chi connectivity index (χ3n) is 5.98. The molecule has 2 aromatic carbocycles. The molecular formula is C28H30FN3O3. The molecule has 2 heterocycles. The second-order valence-corrected chi connectivity index (χ2v) is 8.54. The highest BCUT2D eigenvalue weighted by Crippen LogP contribution is 2.34. The number of carbonyl (C=O) groups excluding carboxylic acids is 1. The van der Waals surface area contributed by atoms with Gasteiger partial charge in [-0.25, -0.2) is 9.37 Å². The quantitative estimate of drug-likeness (QED) is 0.474. The zero-order valence-electron chi connectivity index (χ0n) is 20.4. The number of aromatic nitrogens is 1. The molecule has 0 bridgehead atoms. The van der Waals surface area contributed by atoms with Crippen molar-refractivity contribution in [2.75, 3.05) is 43.1 Å². The molecule has 0 radical (unpaired) electrons. The van der Waals surface area contributed by atoms with Gasteiger partial charge in [-0.05, 0) is 67.8 Å². The number of aryl methyl sites for hydroxylation is 1. The van der Waals surface area contributed by atoms with Gasteiger partial charge in [0, 0.05) is 30.4 Å². The van der Waals surface area contributed by atoms with Gasteiger partial charge in [0.2, 0.25) is 5.88 Å². The van der Waals surface area contributed by atoms with E-state index in [0.717, 1.165) is 46.6 Å². The molecule has 1 aromatic heterocycles. The summed E-state index contributed by atoms with van der Waals surface area (Å²) in [5.41, 5.74) is 5.75. The number of halogens is 1. The summed E-state index contributed by atoms with van der Waals surface area (Å²) in [6, 6.07) is 12.0. The van der Waals surface area contributed by atoms with Gasteiger partial charge in [0.05, 0.1) is 25.5 Å². The van der Waals surface area contributed by atoms with Crippen LogP contribution in [0.15, 0.2) is 55.2 Å². The summed E-state index contributed by atoms with van der Waals surface area (Å²) in [5, 5.41) is 2.70. The minimum Gasteiger partial charge on any atom is -0.476 e. The largest absolute Gasteiger partial charge is 0.476 e. The Morgan fingerprint density at radius 2 is 1.91 bits per heavy atom. The van der Waals surface area contributed by atoms with E-state index >= 15 is 0 Å². The predicted molar refractivity (Wildman–Crippen MR) is 138 cm³/mol. The van der Waals surface area contributed by atoms with Crippen LogP contribution in [0, 0.1) is 12.7 Å². The van der Waals surface area contributed by atoms with E-state index in [1.54, 1.807) is 24.4 Å². The zero-order chi connectivity index (χ0) is 24.9. The lowest BCUT2D eigenvalue weighted by Crippen LogP contribution is -2.36. The first-order valence-electron chi connectivity index (χ1n) is 11.7. The van der Waals surface area contributed by atoms with Gasteiger partial charge in [-0.15, -0.1) is 0 Å². The van der Waals surface area contributed by atoms with Crippen molar-refractivity contribution in [2.24, 2.45) is 0 Å². The van der Waals surface area contributed by atoms with Gasteiger partial charge < -0.3 is 19.7 Å². The monoisotopic (exact) mass is 475 g/mol. The van der Waals surface area contributed by atoms with Crippen LogP contribution in [0.2, 0.25) is 0 Å². The van der Waals surface area contributed by atoms with E-state index in [0.29, 0.717) is 31.3 Å². The molecule has 1 amide bonds. The van der Waals surface area contributed by atoms with Crippen molar-refractivity contribution in [3.8, 4) is 17.0 Å². The van der Waals surface area contributed by atoms with Crippen LogP contribution in [0.25, 0.3) is 16.7 Å². The van der Waals surface area contributed by atoms with Crippen LogP contribution in [0.1, 0.15) is 35.3 Å². The van der Waals surface area contributed by atoms with Crippen LogP contribution in [-0.4, -0.2) is 43.8 Å². The summed E-state index contributed by atoms with van der Waals surface area (Å²) in [4.78, 5) is 19.8. The maximum absolute atomic E-state index is 14.4. The van der Waals surface area contributed by atoms with Crippen molar-refractivity contribution in [1.29, 1.82) is 0 Å². The average Bonchev–Trinajstić information content (AvgIpc) is 2.86. The van der Waals surface area contributed by atoms with Crippen LogP contribution in [-0.2, 0) is 4.74 Å². The minimum atomic E-state index is -0.499. The normalized spacial score (nSPS) is 13.4. The number of morpholine rings is 1. The highest BCUT2D eigenvalue weighted by Gasteiger charge is 2.19. The van der Waals surface area contributed by atoms with Crippen LogP contribution in [0.4, 0.5) is 15.8 Å². The van der Waals surface area contributed by atoms with Gasteiger partial charge in [-0.1, -0.05) is 24.3 Å². The van der Waals surface area contributed by atoms with Crippen molar-refractivity contribution in [1.82, 2.24) is 4.98 Å². The number of benzene rings is 2. The number of hydrogen-bond acceptors (Lipinski definition) is 5. The minimum absolute atomic E-state index is 0.120. The molecule has 1 fully saturated rings. The van der Waals surface area contributed by atoms with Crippen LogP contribution in [0.3, 0.4) is 0 Å². The molecule has 0 atom stereocenters. The first-order valence-corrected chi connectivity index (χ1v) is 11.7. The topological polar surface area (TPSA) is 63.7 Å². The van der Waals surface area contributed by atoms with E-state index in [2.05, 4.69) is 21.8 Å². The molecule has 0 aliphatic carbocycles. The average molecular weight is 476 g/mol. The molecule has 0 saturated carbocycles. The smallest absolute Gasteiger partial charge is 0.255 e. The third-order valence-corrected chi connectivity index (χ3v) is 5.98. The molecule has 1 N–H and O–H groups in total. The Morgan fingerprint density at radius 3 is 2.63 bits per heavy atom. The number of allylic oxidation sites excluding steroid dienone is 1. The lowest BCUT2D eigenvalue weighted by molar-refractivity contribution is 0.102. The molecule has 0 spiro atoms. The number of nitrogens with one attached hydrogen (secondary N) is 1. The summed E-state index contributed by atoms with van der Waals surface area (Å²) in [6.45, 7) is 12.9. The Bertz CT molecular complexity index is 1250. The highest BCUT2D eigenvalue weighted by atomic mass is 19.1. The molecule has 35 heavy (non-hydrogen) atoms. The molecule has 3 aromatic rings. The van der Waals surface area contributed by atoms with Crippen molar-refractivity contribution >= 4 is 22.9 Å². The number of rotatable bonds is 7. The predicted octanol–water partition coefficient (Wildman–Crippen LogP) is 5.72. The van der Waals surface area contributed by atoms with Gasteiger partial charge >= 0.3 is 0 Å². The van der Waals surface area contributed by atoms with Crippen LogP contribution < -0.4 is 15.0 Å². The second kappa shape index (κ2) is 10.7. The molecule has 0 unspecified atom stereocenters. The Labute approximate surface area is 205 Å². The molecule has 7 heteroatoms. The van der Waals surface area contributed by atoms with Gasteiger partial charge in [0.25, 0.3) is 5.91 Å². The van der Waals surface area contributed by atoms with Crippen LogP contribution >= 0.6 is 0 Å². The molecule has 1 saturated heterocycles. The highest BCUT2D eigenvalue weighted by molar-refractivity contribution is 6.05. The van der Waals surface area contributed by atoms with E-state index in [4.69, 9.17) is 9.47 Å². The number of nitrogens with zero attached hydrogens (tertiary/aromatic N) is 2. The SMILES string of the molecule is C=C(C)c1ccc(F)c(NC(=O)c2ccc(C)c(-c3cnc(OCC)c(N4CCOCC4)c3)c2)c1. The molecular weight excluding hydrogens is 445 g/mol.